The van der Waals surface area contributed by atoms with E-state index in [4.69, 9.17) is 10.7 Å². The molecule has 8 aromatic carbocycles. The van der Waals surface area contributed by atoms with Crippen LogP contribution in [0.1, 0.15) is 53.5 Å². The van der Waals surface area contributed by atoms with Gasteiger partial charge in [-0.1, -0.05) is 170 Å². The van der Waals surface area contributed by atoms with E-state index in [2.05, 4.69) is 140 Å². The first-order valence-corrected chi connectivity index (χ1v) is 18.5. The van der Waals surface area contributed by atoms with Gasteiger partial charge >= 0.3 is 0 Å². The van der Waals surface area contributed by atoms with Gasteiger partial charge in [-0.25, -0.2) is 0 Å². The summed E-state index contributed by atoms with van der Waals surface area (Å²) in [7, 11) is 0. The van der Waals surface area contributed by atoms with Crippen LogP contribution >= 0.6 is 0 Å². The molecule has 3 N–H and O–H groups in total. The number of allylic oxidation sites excluding steroid dienone is 1. The van der Waals surface area contributed by atoms with E-state index in [9.17, 15) is 0 Å². The van der Waals surface area contributed by atoms with Crippen LogP contribution in [0.15, 0.2) is 175 Å². The van der Waals surface area contributed by atoms with Crippen molar-refractivity contribution in [1.82, 2.24) is 5.32 Å². The van der Waals surface area contributed by atoms with Gasteiger partial charge in [-0.3, -0.25) is 10.3 Å². The fourth-order valence-corrected chi connectivity index (χ4v) is 8.09. The molecule has 0 radical (unpaired) electrons. The van der Waals surface area contributed by atoms with Gasteiger partial charge in [-0.2, -0.15) is 0 Å². The standard InChI is InChI=1S/C50H41N3/c1-33(52-50(38-17-6-3-7-18-38)53-49(51)37-15-4-2-5-16-37)34-24-26-36(27-25-34)48-40-19-9-8-14-35(40)28-30-41(48)39-29-31-46-44-22-11-10-20-42(44)43-21-12-13-23-45(43)47(46)32-39/h2-10,12-21,23-32,49-50,53H,11,22,51H2,1H3. The molecule has 0 aliphatic heterocycles. The smallest absolute Gasteiger partial charge is 0.127 e. The SMILES string of the molecule is CC(=NC(NC(N)c1ccccc1)c1ccccc1)c1ccc(-c2c(-c3ccc4c5c(c6ccccc6c4c3)C=CCC5)ccc3ccccc23)cc1. The van der Waals surface area contributed by atoms with Gasteiger partial charge in [0.05, 0.1) is 6.17 Å². The lowest BCUT2D eigenvalue weighted by Crippen LogP contribution is -2.32. The number of hydrogen-bond donors (Lipinski definition) is 2. The first kappa shape index (κ1) is 32.8. The molecular formula is C50H41N3. The molecule has 2 unspecified atom stereocenters. The third-order valence-electron chi connectivity index (χ3n) is 10.8. The molecule has 1 aliphatic rings. The van der Waals surface area contributed by atoms with Crippen LogP contribution in [0.25, 0.3) is 60.6 Å². The maximum atomic E-state index is 6.64. The minimum Gasteiger partial charge on any atom is -0.312 e. The van der Waals surface area contributed by atoms with Crippen LogP contribution in [0.2, 0.25) is 0 Å². The predicted molar refractivity (Wildman–Crippen MR) is 225 cm³/mol. The van der Waals surface area contributed by atoms with E-state index in [-0.39, 0.29) is 12.3 Å². The van der Waals surface area contributed by atoms with Crippen LogP contribution < -0.4 is 11.1 Å². The van der Waals surface area contributed by atoms with E-state index in [1.54, 1.807) is 0 Å². The first-order chi connectivity index (χ1) is 26.1. The minimum atomic E-state index is -0.361. The van der Waals surface area contributed by atoms with Crippen molar-refractivity contribution in [3.8, 4) is 22.3 Å². The largest absolute Gasteiger partial charge is 0.312 e. The molecule has 0 amide bonds. The summed E-state index contributed by atoms with van der Waals surface area (Å²) in [4.78, 5) is 5.21. The number of fused-ring (bicyclic) bond motifs is 7. The van der Waals surface area contributed by atoms with Crippen molar-refractivity contribution < 1.29 is 0 Å². The molecule has 2 atom stereocenters. The summed E-state index contributed by atoms with van der Waals surface area (Å²) in [5.41, 5.74) is 18.5. The summed E-state index contributed by atoms with van der Waals surface area (Å²) in [5.74, 6) is 0. The van der Waals surface area contributed by atoms with Gasteiger partial charge in [-0.05, 0) is 108 Å². The van der Waals surface area contributed by atoms with Gasteiger partial charge in [0.15, 0.2) is 0 Å². The number of aryl methyl sites for hydroxylation is 1. The Kier molecular flexibility index (Phi) is 8.73. The number of nitrogens with zero attached hydrogens (tertiary/aromatic N) is 1. The lowest BCUT2D eigenvalue weighted by molar-refractivity contribution is 0.466. The molecule has 3 heteroatoms. The van der Waals surface area contributed by atoms with Gasteiger partial charge in [0.25, 0.3) is 0 Å². The highest BCUT2D eigenvalue weighted by molar-refractivity contribution is 6.15. The molecule has 0 saturated heterocycles. The Hall–Kier alpha value is -6.13. The number of nitrogens with one attached hydrogen (secondary N) is 1. The molecule has 8 aromatic rings. The summed E-state index contributed by atoms with van der Waals surface area (Å²) >= 11 is 0. The average molecular weight is 684 g/mol. The van der Waals surface area contributed by atoms with Crippen molar-refractivity contribution in [2.45, 2.75) is 32.1 Å². The van der Waals surface area contributed by atoms with Crippen molar-refractivity contribution >= 4 is 44.1 Å². The second-order valence-corrected chi connectivity index (χ2v) is 14.0. The normalized spacial score (nSPS) is 14.0. The molecule has 1 aliphatic carbocycles. The highest BCUT2D eigenvalue weighted by atomic mass is 15.1. The maximum absolute atomic E-state index is 6.64. The molecule has 9 rings (SSSR count). The van der Waals surface area contributed by atoms with Crippen molar-refractivity contribution in [1.29, 1.82) is 0 Å². The summed E-state index contributed by atoms with van der Waals surface area (Å²) in [5, 5.41) is 11.4. The quantitative estimate of drug-likeness (QED) is 0.0951. The Labute approximate surface area is 311 Å². The van der Waals surface area contributed by atoms with Crippen molar-refractivity contribution in [3.05, 3.63) is 198 Å². The number of rotatable bonds is 8. The molecular weight excluding hydrogens is 643 g/mol. The third-order valence-corrected chi connectivity index (χ3v) is 10.8. The zero-order valence-corrected chi connectivity index (χ0v) is 29.8. The van der Waals surface area contributed by atoms with Gasteiger partial charge in [0.1, 0.15) is 6.17 Å². The fraction of sp³-hybridized carbons (Fsp3) is 0.100. The van der Waals surface area contributed by atoms with Crippen LogP contribution in [0.5, 0.6) is 0 Å². The third kappa shape index (κ3) is 6.25. The zero-order valence-electron chi connectivity index (χ0n) is 29.8. The van der Waals surface area contributed by atoms with E-state index in [1.807, 2.05) is 48.5 Å². The highest BCUT2D eigenvalue weighted by Gasteiger charge is 2.19. The monoisotopic (exact) mass is 683 g/mol. The van der Waals surface area contributed by atoms with E-state index in [0.29, 0.717) is 0 Å². The lowest BCUT2D eigenvalue weighted by Gasteiger charge is -2.22. The Morgan fingerprint density at radius 2 is 1.26 bits per heavy atom. The molecule has 0 spiro atoms. The lowest BCUT2D eigenvalue weighted by atomic mass is 9.84. The van der Waals surface area contributed by atoms with Crippen LogP contribution in [0.4, 0.5) is 0 Å². The Balaban J connectivity index is 1.12. The Morgan fingerprint density at radius 3 is 2.04 bits per heavy atom. The second kappa shape index (κ2) is 14.1. The number of nitrogens with two attached hydrogens (primary N) is 1. The minimum absolute atomic E-state index is 0.304. The summed E-state index contributed by atoms with van der Waals surface area (Å²) in [6, 6.07) is 58.6. The van der Waals surface area contributed by atoms with Crippen LogP contribution in [0.3, 0.4) is 0 Å². The van der Waals surface area contributed by atoms with Crippen molar-refractivity contribution in [2.75, 3.05) is 0 Å². The molecule has 256 valence electrons. The summed E-state index contributed by atoms with van der Waals surface area (Å²) in [6.07, 6.45) is 6.13. The zero-order chi connectivity index (χ0) is 35.7. The molecule has 3 nitrogen and oxygen atoms in total. The number of aliphatic imine (C=N–C) groups is 1. The van der Waals surface area contributed by atoms with Crippen LogP contribution in [-0.4, -0.2) is 5.71 Å². The van der Waals surface area contributed by atoms with E-state index >= 15 is 0 Å². The molecule has 53 heavy (non-hydrogen) atoms. The van der Waals surface area contributed by atoms with E-state index in [0.717, 1.165) is 35.2 Å². The Bertz CT molecular complexity index is 2660. The topological polar surface area (TPSA) is 50.4 Å². The average Bonchev–Trinajstić information content (AvgIpc) is 3.23. The molecule has 0 aromatic heterocycles. The fourth-order valence-electron chi connectivity index (χ4n) is 8.09. The van der Waals surface area contributed by atoms with Gasteiger partial charge in [-0.15, -0.1) is 0 Å². The summed E-state index contributed by atoms with van der Waals surface area (Å²) in [6.45, 7) is 2.08. The van der Waals surface area contributed by atoms with E-state index < -0.39 is 0 Å². The van der Waals surface area contributed by atoms with Crippen LogP contribution in [0, 0.1) is 0 Å². The van der Waals surface area contributed by atoms with Gasteiger partial charge < -0.3 is 5.73 Å². The van der Waals surface area contributed by atoms with E-state index in [1.165, 1.54) is 65.7 Å². The number of hydrogen-bond acceptors (Lipinski definition) is 3. The predicted octanol–water partition coefficient (Wildman–Crippen LogP) is 12.2. The first-order valence-electron chi connectivity index (χ1n) is 18.5. The highest BCUT2D eigenvalue weighted by Crippen LogP contribution is 2.42. The van der Waals surface area contributed by atoms with Crippen LogP contribution in [-0.2, 0) is 6.42 Å². The maximum Gasteiger partial charge on any atom is 0.127 e. The van der Waals surface area contributed by atoms with Gasteiger partial charge in [0.2, 0.25) is 0 Å². The van der Waals surface area contributed by atoms with Gasteiger partial charge in [0, 0.05) is 5.71 Å². The number of benzene rings is 8. The van der Waals surface area contributed by atoms with Crippen molar-refractivity contribution in [3.63, 3.8) is 0 Å². The summed E-state index contributed by atoms with van der Waals surface area (Å²) < 4.78 is 0. The molecule has 0 heterocycles. The molecule has 0 bridgehead atoms. The molecule has 0 fully saturated rings. The Morgan fingerprint density at radius 1 is 0.604 bits per heavy atom. The second-order valence-electron chi connectivity index (χ2n) is 14.0. The molecule has 0 saturated carbocycles. The van der Waals surface area contributed by atoms with Crippen molar-refractivity contribution in [2.24, 2.45) is 10.7 Å².